The maximum atomic E-state index is 12.7. The van der Waals surface area contributed by atoms with E-state index >= 15 is 0 Å². The molecule has 0 bridgehead atoms. The van der Waals surface area contributed by atoms with Gasteiger partial charge in [-0.3, -0.25) is 9.78 Å². The van der Waals surface area contributed by atoms with Crippen molar-refractivity contribution in [2.45, 2.75) is 32.7 Å². The molecule has 0 saturated carbocycles. The third-order valence-electron chi connectivity index (χ3n) is 4.00. The highest BCUT2D eigenvalue weighted by Crippen LogP contribution is 2.25. The summed E-state index contributed by atoms with van der Waals surface area (Å²) in [4.78, 5) is 16.7. The lowest BCUT2D eigenvalue weighted by Gasteiger charge is -2.19. The maximum absolute atomic E-state index is 12.7. The van der Waals surface area contributed by atoms with Crippen LogP contribution in [0.15, 0.2) is 54.2 Å². The second-order valence-corrected chi connectivity index (χ2v) is 7.70. The average molecular weight is 366 g/mol. The van der Waals surface area contributed by atoms with Crippen LogP contribution in [0, 0.1) is 0 Å². The number of carbonyl (C=O) groups is 1. The fourth-order valence-corrected chi connectivity index (χ4v) is 3.12. The van der Waals surface area contributed by atoms with Crippen molar-refractivity contribution < 1.29 is 4.79 Å². The summed E-state index contributed by atoms with van der Waals surface area (Å²) in [5, 5.41) is 8.07. The number of anilines is 2. The van der Waals surface area contributed by atoms with Gasteiger partial charge in [-0.2, -0.15) is 4.37 Å². The lowest BCUT2D eigenvalue weighted by Crippen LogP contribution is -2.16. The van der Waals surface area contributed by atoms with Crippen molar-refractivity contribution in [1.29, 1.82) is 0 Å². The van der Waals surface area contributed by atoms with E-state index in [0.29, 0.717) is 12.2 Å². The average Bonchev–Trinajstić information content (AvgIpc) is 3.09. The van der Waals surface area contributed by atoms with E-state index in [1.807, 2.05) is 35.7 Å². The normalized spacial score (nSPS) is 11.2. The summed E-state index contributed by atoms with van der Waals surface area (Å²) in [6.07, 6.45) is 3.50. The van der Waals surface area contributed by atoms with E-state index in [-0.39, 0.29) is 11.3 Å². The summed E-state index contributed by atoms with van der Waals surface area (Å²) in [5.41, 5.74) is 4.20. The molecule has 0 unspecified atom stereocenters. The molecule has 3 aromatic rings. The molecule has 2 heterocycles. The van der Waals surface area contributed by atoms with Crippen molar-refractivity contribution in [2.24, 2.45) is 0 Å². The minimum Gasteiger partial charge on any atom is -0.378 e. The van der Waals surface area contributed by atoms with Crippen molar-refractivity contribution in [3.8, 4) is 0 Å². The highest BCUT2D eigenvalue weighted by atomic mass is 32.1. The van der Waals surface area contributed by atoms with Gasteiger partial charge in [0.05, 0.1) is 5.69 Å². The smallest absolute Gasteiger partial charge is 0.277 e. The fourth-order valence-electron chi connectivity index (χ4n) is 2.48. The lowest BCUT2D eigenvalue weighted by molar-refractivity contribution is 0.102. The molecule has 0 radical (unpaired) electrons. The molecule has 0 spiro atoms. The van der Waals surface area contributed by atoms with Crippen molar-refractivity contribution in [1.82, 2.24) is 9.36 Å². The highest BCUT2D eigenvalue weighted by molar-refractivity contribution is 7.04. The minimum atomic E-state index is -0.213. The number of rotatable bonds is 5. The van der Waals surface area contributed by atoms with Crippen LogP contribution < -0.4 is 10.6 Å². The van der Waals surface area contributed by atoms with Gasteiger partial charge in [0.15, 0.2) is 5.69 Å². The monoisotopic (exact) mass is 366 g/mol. The van der Waals surface area contributed by atoms with Crippen molar-refractivity contribution in [3.63, 3.8) is 0 Å². The number of benzene rings is 1. The Hall–Kier alpha value is -2.73. The second kappa shape index (κ2) is 7.66. The van der Waals surface area contributed by atoms with Crippen molar-refractivity contribution in [3.05, 3.63) is 71.0 Å². The number of aromatic nitrogens is 2. The molecule has 2 aromatic heterocycles. The van der Waals surface area contributed by atoms with Gasteiger partial charge < -0.3 is 10.6 Å². The first-order valence-corrected chi connectivity index (χ1v) is 9.26. The van der Waals surface area contributed by atoms with Gasteiger partial charge >= 0.3 is 0 Å². The van der Waals surface area contributed by atoms with Crippen LogP contribution in [-0.4, -0.2) is 15.3 Å². The number of nitrogens with one attached hydrogen (secondary N) is 2. The summed E-state index contributed by atoms with van der Waals surface area (Å²) in [6.45, 7) is 7.06. The van der Waals surface area contributed by atoms with Crippen LogP contribution in [0.3, 0.4) is 0 Å². The summed E-state index contributed by atoms with van der Waals surface area (Å²) < 4.78 is 4.25. The van der Waals surface area contributed by atoms with Crippen LogP contribution in [0.25, 0.3) is 0 Å². The van der Waals surface area contributed by atoms with Gasteiger partial charge in [-0.1, -0.05) is 32.9 Å². The molecule has 6 heteroatoms. The Morgan fingerprint density at radius 2 is 1.92 bits per heavy atom. The molecule has 2 N–H and O–H groups in total. The van der Waals surface area contributed by atoms with E-state index in [2.05, 4.69) is 46.8 Å². The van der Waals surface area contributed by atoms with E-state index in [9.17, 15) is 4.79 Å². The van der Waals surface area contributed by atoms with E-state index in [0.717, 1.165) is 16.9 Å². The molecule has 0 saturated heterocycles. The molecule has 0 fully saturated rings. The third-order valence-corrected chi connectivity index (χ3v) is 4.63. The molecule has 1 amide bonds. The summed E-state index contributed by atoms with van der Waals surface area (Å²) in [5.74, 6) is -0.213. The molecule has 0 aliphatic rings. The molecule has 134 valence electrons. The van der Waals surface area contributed by atoms with E-state index in [1.165, 1.54) is 17.1 Å². The van der Waals surface area contributed by atoms with Crippen LogP contribution in [0.1, 0.15) is 42.4 Å². The first-order valence-electron chi connectivity index (χ1n) is 8.42. The van der Waals surface area contributed by atoms with E-state index in [4.69, 9.17) is 0 Å². The second-order valence-electron chi connectivity index (χ2n) is 7.07. The minimum absolute atomic E-state index is 0.0264. The molecular formula is C20H22N4OS. The van der Waals surface area contributed by atoms with E-state index < -0.39 is 0 Å². The predicted molar refractivity (Wildman–Crippen MR) is 107 cm³/mol. The van der Waals surface area contributed by atoms with Gasteiger partial charge in [0.25, 0.3) is 5.91 Å². The zero-order valence-electron chi connectivity index (χ0n) is 15.1. The molecular weight excluding hydrogens is 344 g/mol. The maximum Gasteiger partial charge on any atom is 0.277 e. The van der Waals surface area contributed by atoms with Crippen LogP contribution in [0.4, 0.5) is 11.4 Å². The number of hydrogen-bond donors (Lipinski definition) is 2. The molecule has 0 aliphatic carbocycles. The fraction of sp³-hybridized carbons (Fsp3) is 0.250. The Kier molecular flexibility index (Phi) is 5.32. The zero-order chi connectivity index (χ0) is 18.6. The van der Waals surface area contributed by atoms with Crippen LogP contribution in [0.2, 0.25) is 0 Å². The van der Waals surface area contributed by atoms with Gasteiger partial charge in [0.2, 0.25) is 0 Å². The molecule has 0 atom stereocenters. The Labute approximate surface area is 157 Å². The van der Waals surface area contributed by atoms with Crippen LogP contribution in [-0.2, 0) is 12.0 Å². The highest BCUT2D eigenvalue weighted by Gasteiger charge is 2.17. The van der Waals surface area contributed by atoms with Crippen molar-refractivity contribution in [2.75, 3.05) is 10.6 Å². The van der Waals surface area contributed by atoms with Gasteiger partial charge in [-0.25, -0.2) is 0 Å². The molecule has 3 rings (SSSR count). The number of nitrogens with zero attached hydrogens (tertiary/aromatic N) is 2. The molecule has 5 nitrogen and oxygen atoms in total. The standard InChI is InChI=1S/C20H22N4OS/c1-20(2,3)15-5-4-6-16(11-15)23-19(25)18-17(13-26-24-18)22-12-14-7-9-21-10-8-14/h4-11,13,22H,12H2,1-3H3,(H,23,25). The number of amides is 1. The van der Waals surface area contributed by atoms with Gasteiger partial charge in [0, 0.05) is 30.0 Å². The van der Waals surface area contributed by atoms with Crippen LogP contribution in [0.5, 0.6) is 0 Å². The van der Waals surface area contributed by atoms with Gasteiger partial charge in [-0.15, -0.1) is 0 Å². The number of hydrogen-bond acceptors (Lipinski definition) is 5. The van der Waals surface area contributed by atoms with E-state index in [1.54, 1.807) is 12.4 Å². The summed E-state index contributed by atoms with van der Waals surface area (Å²) in [7, 11) is 0. The first-order chi connectivity index (χ1) is 12.4. The zero-order valence-corrected chi connectivity index (χ0v) is 15.9. The third kappa shape index (κ3) is 4.46. The molecule has 1 aromatic carbocycles. The largest absolute Gasteiger partial charge is 0.378 e. The van der Waals surface area contributed by atoms with Crippen molar-refractivity contribution >= 4 is 28.8 Å². The molecule has 0 aliphatic heterocycles. The summed E-state index contributed by atoms with van der Waals surface area (Å²) >= 11 is 1.26. The lowest BCUT2D eigenvalue weighted by atomic mass is 9.87. The Bertz CT molecular complexity index is 884. The quantitative estimate of drug-likeness (QED) is 0.687. The van der Waals surface area contributed by atoms with Gasteiger partial charge in [0.1, 0.15) is 0 Å². The Morgan fingerprint density at radius 3 is 2.65 bits per heavy atom. The topological polar surface area (TPSA) is 66.9 Å². The molecule has 26 heavy (non-hydrogen) atoms. The first kappa shape index (κ1) is 18.1. The SMILES string of the molecule is CC(C)(C)c1cccc(NC(=O)c2nscc2NCc2ccncc2)c1. The van der Waals surface area contributed by atoms with Crippen LogP contribution >= 0.6 is 11.5 Å². The predicted octanol–water partition coefficient (Wildman–Crippen LogP) is 4.70. The Balaban J connectivity index is 1.70. The number of carbonyl (C=O) groups excluding carboxylic acids is 1. The van der Waals surface area contributed by atoms with Gasteiger partial charge in [-0.05, 0) is 52.3 Å². The Morgan fingerprint density at radius 1 is 1.15 bits per heavy atom. The number of pyridine rings is 1. The summed E-state index contributed by atoms with van der Waals surface area (Å²) in [6, 6.07) is 11.8.